The minimum Gasteiger partial charge on any atom is -0.366 e. The van der Waals surface area contributed by atoms with Crippen LogP contribution in [0.25, 0.3) is 21.5 Å². The van der Waals surface area contributed by atoms with Crippen molar-refractivity contribution in [3.63, 3.8) is 0 Å². The van der Waals surface area contributed by atoms with Crippen LogP contribution in [0.15, 0.2) is 66.7 Å². The van der Waals surface area contributed by atoms with E-state index in [-0.39, 0.29) is 5.91 Å². The van der Waals surface area contributed by atoms with Crippen LogP contribution in [-0.2, 0) is 0 Å². The zero-order chi connectivity index (χ0) is 19.7. The van der Waals surface area contributed by atoms with E-state index in [0.717, 1.165) is 21.5 Å². The second kappa shape index (κ2) is 7.25. The van der Waals surface area contributed by atoms with Crippen molar-refractivity contribution in [3.8, 4) is 10.6 Å². The first-order valence-corrected chi connectivity index (χ1v) is 9.51. The number of aryl methyl sites for hydroxylation is 1. The van der Waals surface area contributed by atoms with Crippen molar-refractivity contribution < 1.29 is 9.59 Å². The van der Waals surface area contributed by atoms with Crippen molar-refractivity contribution in [3.05, 3.63) is 82.7 Å². The number of nitrogens with one attached hydrogen (secondary N) is 1. The van der Waals surface area contributed by atoms with Gasteiger partial charge in [-0.15, -0.1) is 11.3 Å². The van der Waals surface area contributed by atoms with E-state index in [1.54, 1.807) is 35.6 Å². The number of amides is 2. The molecule has 28 heavy (non-hydrogen) atoms. The topological polar surface area (TPSA) is 85.1 Å². The average Bonchev–Trinajstić information content (AvgIpc) is 3.14. The van der Waals surface area contributed by atoms with Crippen LogP contribution in [0, 0.1) is 6.92 Å². The van der Waals surface area contributed by atoms with Crippen LogP contribution in [-0.4, -0.2) is 16.8 Å². The van der Waals surface area contributed by atoms with Crippen LogP contribution in [0.1, 0.15) is 25.6 Å². The Balaban J connectivity index is 1.73. The zero-order valence-corrected chi connectivity index (χ0v) is 15.9. The maximum Gasteiger partial charge on any atom is 0.256 e. The molecule has 0 bridgehead atoms. The molecule has 0 fully saturated rings. The fraction of sp³-hybridized carbons (Fsp3) is 0.0455. The van der Waals surface area contributed by atoms with Gasteiger partial charge in [-0.3, -0.25) is 9.59 Å². The van der Waals surface area contributed by atoms with Crippen molar-refractivity contribution in [2.75, 3.05) is 5.32 Å². The predicted octanol–water partition coefficient (Wildman–Crippen LogP) is 4.62. The number of hydrogen-bond donors (Lipinski definition) is 2. The van der Waals surface area contributed by atoms with E-state index in [0.29, 0.717) is 16.8 Å². The summed E-state index contributed by atoms with van der Waals surface area (Å²) in [6.07, 6.45) is 0. The Kier molecular flexibility index (Phi) is 4.63. The first-order chi connectivity index (χ1) is 13.5. The quantitative estimate of drug-likeness (QED) is 0.536. The summed E-state index contributed by atoms with van der Waals surface area (Å²) in [6, 6.07) is 19.9. The second-order valence-electron chi connectivity index (χ2n) is 6.38. The third kappa shape index (κ3) is 3.50. The van der Waals surface area contributed by atoms with E-state index in [4.69, 9.17) is 10.7 Å². The normalized spacial score (nSPS) is 10.8. The number of pyridine rings is 1. The number of primary amides is 1. The van der Waals surface area contributed by atoms with Crippen molar-refractivity contribution in [2.45, 2.75) is 6.92 Å². The molecule has 0 saturated carbocycles. The third-order valence-electron chi connectivity index (χ3n) is 4.38. The maximum atomic E-state index is 13.0. The molecule has 0 aliphatic carbocycles. The number of thiophene rings is 1. The monoisotopic (exact) mass is 387 g/mol. The van der Waals surface area contributed by atoms with Gasteiger partial charge in [0.05, 0.1) is 21.7 Å². The van der Waals surface area contributed by atoms with Gasteiger partial charge >= 0.3 is 0 Å². The SMILES string of the molecule is Cc1ccc(-c2cc(C(=O)Nc3ccc(C(N)=O)cc3)c3ccccc3n2)s1. The fourth-order valence-electron chi connectivity index (χ4n) is 2.98. The minimum absolute atomic E-state index is 0.236. The van der Waals surface area contributed by atoms with E-state index in [1.807, 2.05) is 49.4 Å². The Bertz CT molecular complexity index is 1200. The smallest absolute Gasteiger partial charge is 0.256 e. The van der Waals surface area contributed by atoms with Crippen molar-refractivity contribution in [1.82, 2.24) is 4.98 Å². The van der Waals surface area contributed by atoms with Crippen LogP contribution in [0.3, 0.4) is 0 Å². The lowest BCUT2D eigenvalue weighted by atomic mass is 10.1. The molecule has 0 atom stereocenters. The van der Waals surface area contributed by atoms with E-state index < -0.39 is 5.91 Å². The highest BCUT2D eigenvalue weighted by atomic mass is 32.1. The highest BCUT2D eigenvalue weighted by Crippen LogP contribution is 2.30. The van der Waals surface area contributed by atoms with Crippen LogP contribution in [0.4, 0.5) is 5.69 Å². The third-order valence-corrected chi connectivity index (χ3v) is 5.40. The molecule has 4 aromatic rings. The number of benzene rings is 2. The summed E-state index contributed by atoms with van der Waals surface area (Å²) in [5.74, 6) is -0.742. The zero-order valence-electron chi connectivity index (χ0n) is 15.1. The summed E-state index contributed by atoms with van der Waals surface area (Å²) in [5, 5.41) is 3.67. The number of carbonyl (C=O) groups is 2. The van der Waals surface area contributed by atoms with Crippen molar-refractivity contribution >= 4 is 39.7 Å². The highest BCUT2D eigenvalue weighted by molar-refractivity contribution is 7.15. The van der Waals surface area contributed by atoms with Gasteiger partial charge in [0.25, 0.3) is 5.91 Å². The molecule has 3 N–H and O–H groups in total. The number of para-hydroxylation sites is 1. The van der Waals surface area contributed by atoms with E-state index >= 15 is 0 Å². The molecular weight excluding hydrogens is 370 g/mol. The molecule has 0 unspecified atom stereocenters. The summed E-state index contributed by atoms with van der Waals surface area (Å²) < 4.78 is 0. The number of nitrogens with two attached hydrogens (primary N) is 1. The van der Waals surface area contributed by atoms with Crippen LogP contribution in [0.5, 0.6) is 0 Å². The van der Waals surface area contributed by atoms with Gasteiger partial charge in [-0.25, -0.2) is 4.98 Å². The Hall–Kier alpha value is -3.51. The molecule has 2 amide bonds. The van der Waals surface area contributed by atoms with E-state index in [1.165, 1.54) is 4.88 Å². The van der Waals surface area contributed by atoms with Gasteiger partial charge in [0.1, 0.15) is 0 Å². The van der Waals surface area contributed by atoms with Gasteiger partial charge in [0, 0.05) is 21.5 Å². The molecule has 6 heteroatoms. The van der Waals surface area contributed by atoms with Gasteiger partial charge in [0.15, 0.2) is 0 Å². The molecule has 0 spiro atoms. The summed E-state index contributed by atoms with van der Waals surface area (Å²) >= 11 is 1.64. The Morgan fingerprint density at radius 1 is 1.00 bits per heavy atom. The second-order valence-corrected chi connectivity index (χ2v) is 7.67. The van der Waals surface area contributed by atoms with Gasteiger partial charge in [-0.2, -0.15) is 0 Å². The summed E-state index contributed by atoms with van der Waals surface area (Å²) in [4.78, 5) is 31.1. The van der Waals surface area contributed by atoms with Crippen LogP contribution in [0.2, 0.25) is 0 Å². The molecule has 2 aromatic carbocycles. The number of hydrogen-bond acceptors (Lipinski definition) is 4. The molecule has 4 rings (SSSR count). The predicted molar refractivity (Wildman–Crippen MR) is 113 cm³/mol. The lowest BCUT2D eigenvalue weighted by Gasteiger charge is -2.10. The van der Waals surface area contributed by atoms with Gasteiger partial charge in [0.2, 0.25) is 5.91 Å². The minimum atomic E-state index is -0.506. The van der Waals surface area contributed by atoms with Crippen molar-refractivity contribution in [2.24, 2.45) is 5.73 Å². The summed E-state index contributed by atoms with van der Waals surface area (Å²) in [7, 11) is 0. The largest absolute Gasteiger partial charge is 0.366 e. The molecule has 0 aliphatic heterocycles. The van der Waals surface area contributed by atoms with E-state index in [9.17, 15) is 9.59 Å². The summed E-state index contributed by atoms with van der Waals surface area (Å²) in [6.45, 7) is 2.04. The number of anilines is 1. The fourth-order valence-corrected chi connectivity index (χ4v) is 3.81. The molecule has 5 nitrogen and oxygen atoms in total. The number of fused-ring (bicyclic) bond motifs is 1. The van der Waals surface area contributed by atoms with Crippen LogP contribution < -0.4 is 11.1 Å². The number of aromatic nitrogens is 1. The average molecular weight is 387 g/mol. The lowest BCUT2D eigenvalue weighted by Crippen LogP contribution is -2.14. The number of rotatable bonds is 4. The molecule has 0 saturated heterocycles. The first-order valence-electron chi connectivity index (χ1n) is 8.69. The Morgan fingerprint density at radius 3 is 2.43 bits per heavy atom. The van der Waals surface area contributed by atoms with Crippen LogP contribution >= 0.6 is 11.3 Å². The standard InChI is InChI=1S/C22H17N3O2S/c1-13-6-11-20(28-13)19-12-17(16-4-2-3-5-18(16)25-19)22(27)24-15-9-7-14(8-10-15)21(23)26/h2-12H,1H3,(H2,23,26)(H,24,27). The van der Waals surface area contributed by atoms with Gasteiger partial charge in [-0.05, 0) is 55.5 Å². The van der Waals surface area contributed by atoms with E-state index in [2.05, 4.69) is 5.32 Å². The number of carbonyl (C=O) groups excluding carboxylic acids is 2. The molecule has 2 heterocycles. The Labute approximate surface area is 165 Å². The Morgan fingerprint density at radius 2 is 1.75 bits per heavy atom. The first kappa shape index (κ1) is 17.9. The summed E-state index contributed by atoms with van der Waals surface area (Å²) in [5.41, 5.74) is 8.32. The van der Waals surface area contributed by atoms with Gasteiger partial charge in [-0.1, -0.05) is 18.2 Å². The molecule has 138 valence electrons. The molecule has 0 radical (unpaired) electrons. The molecule has 0 aliphatic rings. The lowest BCUT2D eigenvalue weighted by molar-refractivity contribution is 0.0998. The number of nitrogens with zero attached hydrogens (tertiary/aromatic N) is 1. The highest BCUT2D eigenvalue weighted by Gasteiger charge is 2.15. The van der Waals surface area contributed by atoms with Crippen molar-refractivity contribution in [1.29, 1.82) is 0 Å². The maximum absolute atomic E-state index is 13.0. The van der Waals surface area contributed by atoms with Gasteiger partial charge < -0.3 is 11.1 Å². The molecule has 2 aromatic heterocycles. The molecular formula is C22H17N3O2S.